The molecule has 1 aromatic rings. The van der Waals surface area contributed by atoms with Crippen LogP contribution in [-0.4, -0.2) is 42.2 Å². The zero-order valence-electron chi connectivity index (χ0n) is 9.90. The Morgan fingerprint density at radius 3 is 3.00 bits per heavy atom. The van der Waals surface area contributed by atoms with Crippen LogP contribution in [0.4, 0.5) is 0 Å². The average molecular weight is 241 g/mol. The van der Waals surface area contributed by atoms with Crippen molar-refractivity contribution in [1.82, 2.24) is 9.88 Å². The Morgan fingerprint density at radius 2 is 2.50 bits per heavy atom. The van der Waals surface area contributed by atoms with E-state index in [-0.39, 0.29) is 5.54 Å². The van der Waals surface area contributed by atoms with Crippen LogP contribution in [0.2, 0.25) is 0 Å². The van der Waals surface area contributed by atoms with Crippen LogP contribution in [0.1, 0.15) is 17.1 Å². The highest BCUT2D eigenvalue weighted by Gasteiger charge is 2.37. The molecular weight excluding hydrogens is 222 g/mol. The topological polar surface area (TPSA) is 51.4 Å². The lowest BCUT2D eigenvalue weighted by atomic mass is 9.97. The molecule has 1 aliphatic heterocycles. The van der Waals surface area contributed by atoms with Crippen LogP contribution < -0.4 is 5.73 Å². The van der Waals surface area contributed by atoms with Crippen molar-refractivity contribution in [3.63, 3.8) is 0 Å². The van der Waals surface area contributed by atoms with Gasteiger partial charge in [0.1, 0.15) is 0 Å². The van der Waals surface area contributed by atoms with Gasteiger partial charge in [-0.25, -0.2) is 4.98 Å². The first kappa shape index (κ1) is 12.0. The Kier molecular flexibility index (Phi) is 3.59. The van der Waals surface area contributed by atoms with E-state index in [1.165, 1.54) is 0 Å². The molecule has 2 N–H and O–H groups in total. The van der Waals surface area contributed by atoms with Gasteiger partial charge in [0.25, 0.3) is 0 Å². The second-order valence-electron chi connectivity index (χ2n) is 4.44. The highest BCUT2D eigenvalue weighted by atomic mass is 32.1. The maximum absolute atomic E-state index is 5.89. The Morgan fingerprint density at radius 1 is 1.69 bits per heavy atom. The number of aromatic nitrogens is 1. The van der Waals surface area contributed by atoms with Crippen LogP contribution in [0.15, 0.2) is 5.38 Å². The number of nitrogens with zero attached hydrogens (tertiary/aromatic N) is 2. The number of hydrogen-bond donors (Lipinski definition) is 1. The van der Waals surface area contributed by atoms with E-state index in [1.54, 1.807) is 11.3 Å². The predicted molar refractivity (Wildman–Crippen MR) is 65.5 cm³/mol. The van der Waals surface area contributed by atoms with Gasteiger partial charge in [-0.1, -0.05) is 0 Å². The van der Waals surface area contributed by atoms with Gasteiger partial charge in [-0.3, -0.25) is 4.90 Å². The lowest BCUT2D eigenvalue weighted by molar-refractivity contribution is 0.0874. The predicted octanol–water partition coefficient (Wildman–Crippen LogP) is 1.00. The molecule has 2 rings (SSSR count). The molecule has 0 bridgehead atoms. The maximum atomic E-state index is 5.89. The number of rotatable bonds is 4. The minimum absolute atomic E-state index is 0.0114. The van der Waals surface area contributed by atoms with Crippen molar-refractivity contribution in [2.24, 2.45) is 5.73 Å². The van der Waals surface area contributed by atoms with Crippen LogP contribution >= 0.6 is 11.3 Å². The molecule has 1 fully saturated rings. The SMILES string of the molecule is Cc1nc(CN(C)C2(CN)CCOC2)cs1. The number of nitrogens with two attached hydrogens (primary N) is 1. The fourth-order valence-electron chi connectivity index (χ4n) is 2.11. The Hall–Kier alpha value is -0.490. The van der Waals surface area contributed by atoms with Gasteiger partial charge in [0.15, 0.2) is 0 Å². The van der Waals surface area contributed by atoms with E-state index >= 15 is 0 Å². The molecule has 1 aliphatic rings. The highest BCUT2D eigenvalue weighted by molar-refractivity contribution is 7.09. The molecule has 1 aromatic heterocycles. The first-order valence-electron chi connectivity index (χ1n) is 5.56. The molecule has 2 heterocycles. The molecule has 16 heavy (non-hydrogen) atoms. The van der Waals surface area contributed by atoms with Crippen molar-refractivity contribution in [3.05, 3.63) is 16.1 Å². The molecule has 1 saturated heterocycles. The van der Waals surface area contributed by atoms with E-state index in [0.29, 0.717) is 6.54 Å². The molecule has 1 unspecified atom stereocenters. The molecule has 0 saturated carbocycles. The van der Waals surface area contributed by atoms with Gasteiger partial charge < -0.3 is 10.5 Å². The van der Waals surface area contributed by atoms with Crippen molar-refractivity contribution in [2.75, 3.05) is 26.8 Å². The van der Waals surface area contributed by atoms with Crippen molar-refractivity contribution < 1.29 is 4.74 Å². The van der Waals surface area contributed by atoms with Gasteiger partial charge in [-0.05, 0) is 20.4 Å². The molecule has 0 spiro atoms. The normalized spacial score (nSPS) is 25.5. The molecule has 0 aliphatic carbocycles. The van der Waals surface area contributed by atoms with E-state index < -0.39 is 0 Å². The summed E-state index contributed by atoms with van der Waals surface area (Å²) >= 11 is 1.70. The molecule has 5 heteroatoms. The van der Waals surface area contributed by atoms with Gasteiger partial charge in [0.05, 0.1) is 22.8 Å². The summed E-state index contributed by atoms with van der Waals surface area (Å²) in [6, 6.07) is 0. The second kappa shape index (κ2) is 4.79. The minimum atomic E-state index is 0.0114. The summed E-state index contributed by atoms with van der Waals surface area (Å²) in [7, 11) is 2.11. The first-order chi connectivity index (χ1) is 7.66. The van der Waals surface area contributed by atoms with Crippen molar-refractivity contribution >= 4 is 11.3 Å². The quantitative estimate of drug-likeness (QED) is 0.854. The molecule has 0 radical (unpaired) electrons. The van der Waals surface area contributed by atoms with Gasteiger partial charge in [0, 0.05) is 25.1 Å². The number of thiazole rings is 1. The van der Waals surface area contributed by atoms with Crippen molar-refractivity contribution in [3.8, 4) is 0 Å². The number of ether oxygens (including phenoxy) is 1. The van der Waals surface area contributed by atoms with Gasteiger partial charge in [-0.15, -0.1) is 11.3 Å². The summed E-state index contributed by atoms with van der Waals surface area (Å²) < 4.78 is 5.48. The van der Waals surface area contributed by atoms with Crippen LogP contribution in [0.3, 0.4) is 0 Å². The molecule has 4 nitrogen and oxygen atoms in total. The smallest absolute Gasteiger partial charge is 0.0897 e. The Bertz CT molecular complexity index is 347. The molecular formula is C11H19N3OS. The van der Waals surface area contributed by atoms with Gasteiger partial charge >= 0.3 is 0 Å². The third-order valence-corrected chi connectivity index (χ3v) is 4.16. The molecule has 0 aromatic carbocycles. The fourth-order valence-corrected chi connectivity index (χ4v) is 2.71. The second-order valence-corrected chi connectivity index (χ2v) is 5.51. The van der Waals surface area contributed by atoms with Gasteiger partial charge in [0.2, 0.25) is 0 Å². The largest absolute Gasteiger partial charge is 0.379 e. The number of likely N-dealkylation sites (N-methyl/N-ethyl adjacent to an activating group) is 1. The van der Waals surface area contributed by atoms with Crippen LogP contribution in [0.5, 0.6) is 0 Å². The van der Waals surface area contributed by atoms with Crippen molar-refractivity contribution in [1.29, 1.82) is 0 Å². The van der Waals surface area contributed by atoms with E-state index in [4.69, 9.17) is 10.5 Å². The van der Waals surface area contributed by atoms with Crippen LogP contribution in [-0.2, 0) is 11.3 Å². The lowest BCUT2D eigenvalue weighted by Crippen LogP contribution is -2.52. The maximum Gasteiger partial charge on any atom is 0.0897 e. The molecule has 90 valence electrons. The molecule has 0 amide bonds. The van der Waals surface area contributed by atoms with E-state index in [0.717, 1.165) is 36.9 Å². The lowest BCUT2D eigenvalue weighted by Gasteiger charge is -2.36. The van der Waals surface area contributed by atoms with E-state index in [9.17, 15) is 0 Å². The summed E-state index contributed by atoms with van der Waals surface area (Å²) in [5.74, 6) is 0. The van der Waals surface area contributed by atoms with Crippen molar-refractivity contribution in [2.45, 2.75) is 25.4 Å². The monoisotopic (exact) mass is 241 g/mol. The van der Waals surface area contributed by atoms with E-state index in [1.807, 2.05) is 6.92 Å². The fraction of sp³-hybridized carbons (Fsp3) is 0.727. The first-order valence-corrected chi connectivity index (χ1v) is 6.44. The molecule has 1 atom stereocenters. The Balaban J connectivity index is 2.03. The number of hydrogen-bond acceptors (Lipinski definition) is 5. The zero-order valence-corrected chi connectivity index (χ0v) is 10.7. The summed E-state index contributed by atoms with van der Waals surface area (Å²) in [6.45, 7) is 5.09. The highest BCUT2D eigenvalue weighted by Crippen LogP contribution is 2.25. The summed E-state index contributed by atoms with van der Waals surface area (Å²) in [5.41, 5.74) is 7.03. The third kappa shape index (κ3) is 2.27. The minimum Gasteiger partial charge on any atom is -0.379 e. The Labute approximate surface area is 100 Å². The summed E-state index contributed by atoms with van der Waals surface area (Å²) in [5, 5.41) is 3.24. The summed E-state index contributed by atoms with van der Waals surface area (Å²) in [6.07, 6.45) is 1.02. The standard InChI is InChI=1S/C11H19N3OS/c1-9-13-10(6-16-9)5-14(2)11(7-12)3-4-15-8-11/h6H,3-5,7-8,12H2,1-2H3. The number of aryl methyl sites for hydroxylation is 1. The summed E-state index contributed by atoms with van der Waals surface area (Å²) in [4.78, 5) is 6.77. The van der Waals surface area contributed by atoms with E-state index in [2.05, 4.69) is 22.3 Å². The van der Waals surface area contributed by atoms with Crippen LogP contribution in [0, 0.1) is 6.92 Å². The van der Waals surface area contributed by atoms with Crippen LogP contribution in [0.25, 0.3) is 0 Å². The van der Waals surface area contributed by atoms with Gasteiger partial charge in [-0.2, -0.15) is 0 Å². The average Bonchev–Trinajstić information content (AvgIpc) is 2.88. The third-order valence-electron chi connectivity index (χ3n) is 3.34. The zero-order chi connectivity index (χ0) is 11.6.